The number of para-hydroxylation sites is 1. The highest BCUT2D eigenvalue weighted by Gasteiger charge is 2.26. The molecular weight excluding hydrogens is 500 g/mol. The molecule has 0 fully saturated rings. The standard InChI is InChI=1S/C32H21N6O2/c39-38(40)26-18-16-24(17-19-26)36-29-21-30-28(20-27(29)34-32(36)23-12-6-2-7-13-23)33-31(22-10-4-1-5-11-22)35-37(30)25-14-8-3-9-15-25/h1-21H. The van der Waals surface area contributed by atoms with Gasteiger partial charge in [0.25, 0.3) is 5.69 Å². The number of nitro groups is 1. The smallest absolute Gasteiger partial charge is 0.269 e. The molecule has 1 aliphatic heterocycles. The molecule has 0 atom stereocenters. The molecule has 0 amide bonds. The van der Waals surface area contributed by atoms with Gasteiger partial charge in [0.15, 0.2) is 5.84 Å². The van der Waals surface area contributed by atoms with E-state index in [1.165, 1.54) is 12.1 Å². The van der Waals surface area contributed by atoms with Crippen molar-refractivity contribution in [3.05, 3.63) is 143 Å². The topological polar surface area (TPSA) is 90.7 Å². The number of rotatable bonds is 5. The zero-order chi connectivity index (χ0) is 27.1. The molecule has 7 rings (SSSR count). The minimum atomic E-state index is -0.397. The van der Waals surface area contributed by atoms with Crippen LogP contribution in [0.4, 0.5) is 22.7 Å². The van der Waals surface area contributed by atoms with E-state index in [2.05, 4.69) is 0 Å². The van der Waals surface area contributed by atoms with Crippen LogP contribution >= 0.6 is 0 Å². The normalized spacial score (nSPS) is 12.5. The number of nitrogens with zero attached hydrogens (tertiary/aromatic N) is 6. The number of amidine groups is 1. The van der Waals surface area contributed by atoms with Crippen molar-refractivity contribution in [3.8, 4) is 17.1 Å². The highest BCUT2D eigenvalue weighted by molar-refractivity contribution is 6.07. The second-order valence-electron chi connectivity index (χ2n) is 9.29. The van der Waals surface area contributed by atoms with E-state index in [4.69, 9.17) is 15.4 Å². The Kier molecular flexibility index (Phi) is 5.56. The number of fused-ring (bicyclic) bond motifs is 2. The Balaban J connectivity index is 1.47. The molecule has 0 saturated heterocycles. The van der Waals surface area contributed by atoms with E-state index < -0.39 is 4.92 Å². The lowest BCUT2D eigenvalue weighted by Crippen LogP contribution is -2.25. The number of imidazole rings is 1. The Morgan fingerprint density at radius 1 is 0.675 bits per heavy atom. The number of benzene rings is 5. The van der Waals surface area contributed by atoms with Crippen LogP contribution in [0.15, 0.2) is 132 Å². The monoisotopic (exact) mass is 521 g/mol. The van der Waals surface area contributed by atoms with Gasteiger partial charge in [-0.15, -0.1) is 5.10 Å². The van der Waals surface area contributed by atoms with Gasteiger partial charge < -0.3 is 0 Å². The summed E-state index contributed by atoms with van der Waals surface area (Å²) in [5, 5.41) is 23.1. The lowest BCUT2D eigenvalue weighted by atomic mass is 10.1. The summed E-state index contributed by atoms with van der Waals surface area (Å²) in [6.45, 7) is 0. The lowest BCUT2D eigenvalue weighted by Gasteiger charge is -2.27. The predicted molar refractivity (Wildman–Crippen MR) is 157 cm³/mol. The van der Waals surface area contributed by atoms with Gasteiger partial charge >= 0.3 is 0 Å². The largest absolute Gasteiger partial charge is 0.292 e. The molecule has 191 valence electrons. The number of aromatic nitrogens is 2. The van der Waals surface area contributed by atoms with Crippen molar-refractivity contribution in [2.45, 2.75) is 0 Å². The number of nitro benzene ring substituents is 1. The molecule has 6 aromatic rings. The SMILES string of the molecule is O=[N+]([O-])c1ccc(-n2c(-c3ccccc3)nc3cc4c(cc32)N(c2ccccc2)N=C(c2ccccc2)[N]4)cc1. The fraction of sp³-hybridized carbons (Fsp3) is 0. The minimum Gasteiger partial charge on any atom is -0.292 e. The average Bonchev–Trinajstić information content (AvgIpc) is 3.39. The summed E-state index contributed by atoms with van der Waals surface area (Å²) in [5.74, 6) is 1.33. The number of hydrogen-bond acceptors (Lipinski definition) is 5. The van der Waals surface area contributed by atoms with Gasteiger partial charge in [0.2, 0.25) is 0 Å². The summed E-state index contributed by atoms with van der Waals surface area (Å²) in [4.78, 5) is 16.0. The first-order chi connectivity index (χ1) is 19.7. The molecule has 0 saturated carbocycles. The van der Waals surface area contributed by atoms with Crippen molar-refractivity contribution < 1.29 is 4.92 Å². The fourth-order valence-electron chi connectivity index (χ4n) is 4.89. The Bertz CT molecular complexity index is 1880. The van der Waals surface area contributed by atoms with Gasteiger partial charge in [0.1, 0.15) is 5.82 Å². The molecule has 5 aromatic carbocycles. The molecule has 1 aromatic heterocycles. The first-order valence-corrected chi connectivity index (χ1v) is 12.7. The third-order valence-electron chi connectivity index (χ3n) is 6.78. The van der Waals surface area contributed by atoms with Crippen LogP contribution in [0.1, 0.15) is 5.56 Å². The average molecular weight is 522 g/mol. The molecule has 2 heterocycles. The zero-order valence-electron chi connectivity index (χ0n) is 21.1. The Hall–Kier alpha value is -5.76. The van der Waals surface area contributed by atoms with Crippen molar-refractivity contribution in [2.24, 2.45) is 5.10 Å². The van der Waals surface area contributed by atoms with Crippen molar-refractivity contribution in [1.29, 1.82) is 0 Å². The van der Waals surface area contributed by atoms with Gasteiger partial charge in [-0.1, -0.05) is 78.9 Å². The third kappa shape index (κ3) is 4.04. The molecule has 8 heteroatoms. The maximum Gasteiger partial charge on any atom is 0.269 e. The second-order valence-corrected chi connectivity index (χ2v) is 9.29. The molecule has 0 bridgehead atoms. The number of hydrazone groups is 1. The minimum absolute atomic E-state index is 0.0312. The number of anilines is 2. The number of non-ortho nitro benzene ring substituents is 1. The van der Waals surface area contributed by atoms with Crippen LogP contribution in [-0.4, -0.2) is 20.3 Å². The predicted octanol–water partition coefficient (Wildman–Crippen LogP) is 7.35. The summed E-state index contributed by atoms with van der Waals surface area (Å²) in [6.07, 6.45) is 0. The van der Waals surface area contributed by atoms with Crippen LogP contribution in [0.5, 0.6) is 0 Å². The first kappa shape index (κ1) is 23.4. The van der Waals surface area contributed by atoms with E-state index >= 15 is 0 Å². The summed E-state index contributed by atoms with van der Waals surface area (Å²) in [7, 11) is 0. The molecule has 1 aliphatic rings. The van der Waals surface area contributed by atoms with Crippen LogP contribution < -0.4 is 10.3 Å². The molecule has 40 heavy (non-hydrogen) atoms. The van der Waals surface area contributed by atoms with Crippen molar-refractivity contribution in [3.63, 3.8) is 0 Å². The summed E-state index contributed by atoms with van der Waals surface area (Å²) in [6, 6.07) is 40.2. The van der Waals surface area contributed by atoms with E-state index in [1.54, 1.807) is 12.1 Å². The van der Waals surface area contributed by atoms with E-state index in [9.17, 15) is 10.1 Å². The van der Waals surface area contributed by atoms with Crippen LogP contribution in [-0.2, 0) is 0 Å². The summed E-state index contributed by atoms with van der Waals surface area (Å²) < 4.78 is 2.02. The zero-order valence-corrected chi connectivity index (χ0v) is 21.1. The Morgan fingerprint density at radius 3 is 1.95 bits per heavy atom. The molecule has 1 radical (unpaired) electrons. The van der Waals surface area contributed by atoms with Crippen molar-refractivity contribution >= 4 is 39.6 Å². The van der Waals surface area contributed by atoms with Gasteiger partial charge in [-0.3, -0.25) is 14.7 Å². The maximum absolute atomic E-state index is 11.3. The highest BCUT2D eigenvalue weighted by Crippen LogP contribution is 2.41. The van der Waals surface area contributed by atoms with Gasteiger partial charge in [0, 0.05) is 28.9 Å². The molecule has 8 nitrogen and oxygen atoms in total. The molecule has 0 N–H and O–H groups in total. The van der Waals surface area contributed by atoms with Gasteiger partial charge in [-0.25, -0.2) is 15.3 Å². The van der Waals surface area contributed by atoms with Crippen molar-refractivity contribution in [1.82, 2.24) is 14.9 Å². The Labute approximate surface area is 229 Å². The van der Waals surface area contributed by atoms with Crippen LogP contribution in [0.3, 0.4) is 0 Å². The third-order valence-corrected chi connectivity index (χ3v) is 6.78. The molecule has 0 unspecified atom stereocenters. The van der Waals surface area contributed by atoms with E-state index in [-0.39, 0.29) is 5.69 Å². The highest BCUT2D eigenvalue weighted by atomic mass is 16.6. The van der Waals surface area contributed by atoms with E-state index in [1.807, 2.05) is 113 Å². The molecule has 0 spiro atoms. The first-order valence-electron chi connectivity index (χ1n) is 12.7. The Morgan fingerprint density at radius 2 is 1.30 bits per heavy atom. The van der Waals surface area contributed by atoms with E-state index in [0.29, 0.717) is 5.84 Å². The molecule has 0 aliphatic carbocycles. The van der Waals surface area contributed by atoms with Gasteiger partial charge in [0.05, 0.1) is 33.0 Å². The number of hydrogen-bond donors (Lipinski definition) is 0. The second kappa shape index (κ2) is 9.52. The van der Waals surface area contributed by atoms with Crippen LogP contribution in [0.25, 0.3) is 28.1 Å². The maximum atomic E-state index is 11.3. The van der Waals surface area contributed by atoms with Crippen LogP contribution in [0, 0.1) is 10.1 Å². The molecular formula is C32H21N6O2. The van der Waals surface area contributed by atoms with Gasteiger partial charge in [-0.05, 0) is 36.4 Å². The summed E-state index contributed by atoms with van der Waals surface area (Å²) >= 11 is 0. The lowest BCUT2D eigenvalue weighted by molar-refractivity contribution is -0.384. The van der Waals surface area contributed by atoms with Gasteiger partial charge in [-0.2, -0.15) is 0 Å². The fourth-order valence-corrected chi connectivity index (χ4v) is 4.89. The van der Waals surface area contributed by atoms with Crippen molar-refractivity contribution in [2.75, 3.05) is 5.01 Å². The quantitative estimate of drug-likeness (QED) is 0.175. The van der Waals surface area contributed by atoms with Crippen LogP contribution in [0.2, 0.25) is 0 Å². The summed E-state index contributed by atoms with van der Waals surface area (Å²) in [5.41, 5.74) is 6.67. The van der Waals surface area contributed by atoms with E-state index in [0.717, 1.165) is 50.7 Å².